The van der Waals surface area contributed by atoms with Crippen LogP contribution in [-0.2, 0) is 0 Å². The van der Waals surface area contributed by atoms with E-state index in [9.17, 15) is 9.18 Å². The molecule has 1 aromatic carbocycles. The van der Waals surface area contributed by atoms with Crippen LogP contribution in [0.1, 0.15) is 23.2 Å². The van der Waals surface area contributed by atoms with E-state index in [2.05, 4.69) is 4.90 Å². The maximum Gasteiger partial charge on any atom is 0.170 e. The third-order valence-electron chi connectivity index (χ3n) is 3.69. The highest BCUT2D eigenvalue weighted by atomic mass is 32.2. The van der Waals surface area contributed by atoms with E-state index < -0.39 is 5.82 Å². The van der Waals surface area contributed by atoms with Crippen molar-refractivity contribution in [1.29, 1.82) is 0 Å². The maximum atomic E-state index is 13.8. The molecule has 1 aromatic rings. The average molecular weight is 297 g/mol. The summed E-state index contributed by atoms with van der Waals surface area (Å²) in [5, 5.41) is 0. The number of benzene rings is 1. The van der Waals surface area contributed by atoms with Gasteiger partial charge < -0.3 is 9.64 Å². The molecule has 0 spiro atoms. The lowest BCUT2D eigenvalue weighted by molar-refractivity contribution is 0.0955. The molecule has 5 heteroatoms. The molecular formula is C15H20FNO2S. The topological polar surface area (TPSA) is 29.5 Å². The van der Waals surface area contributed by atoms with Crippen molar-refractivity contribution >= 4 is 17.5 Å². The molecular weight excluding hydrogens is 277 g/mol. The third kappa shape index (κ3) is 3.52. The van der Waals surface area contributed by atoms with Gasteiger partial charge in [0.2, 0.25) is 0 Å². The Hall–Kier alpha value is -1.07. The molecule has 1 atom stereocenters. The summed E-state index contributed by atoms with van der Waals surface area (Å²) < 4.78 is 18.9. The van der Waals surface area contributed by atoms with Crippen LogP contribution < -0.4 is 4.74 Å². The normalized spacial score (nSPS) is 18.5. The lowest BCUT2D eigenvalue weighted by Gasteiger charge is -2.23. The zero-order valence-electron chi connectivity index (χ0n) is 11.9. The number of rotatable bonds is 6. The van der Waals surface area contributed by atoms with E-state index in [1.807, 2.05) is 18.8 Å². The SMILES string of the molecule is COc1cccc(F)c1C(=O)CCN(C)C1CCSC1. The predicted molar refractivity (Wildman–Crippen MR) is 80.3 cm³/mol. The zero-order valence-corrected chi connectivity index (χ0v) is 12.7. The first-order chi connectivity index (χ1) is 9.63. The molecule has 3 nitrogen and oxygen atoms in total. The summed E-state index contributed by atoms with van der Waals surface area (Å²) in [6, 6.07) is 5.00. The molecule has 1 saturated heterocycles. The first-order valence-corrected chi connectivity index (χ1v) is 7.92. The van der Waals surface area contributed by atoms with Crippen LogP contribution >= 0.6 is 11.8 Å². The van der Waals surface area contributed by atoms with Gasteiger partial charge >= 0.3 is 0 Å². The molecule has 0 aliphatic carbocycles. The minimum atomic E-state index is -0.506. The highest BCUT2D eigenvalue weighted by Gasteiger charge is 2.22. The maximum absolute atomic E-state index is 13.8. The van der Waals surface area contributed by atoms with Crippen LogP contribution in [0, 0.1) is 5.82 Å². The second kappa shape index (κ2) is 7.09. The van der Waals surface area contributed by atoms with Crippen molar-refractivity contribution in [3.8, 4) is 5.75 Å². The van der Waals surface area contributed by atoms with Crippen LogP contribution in [0.25, 0.3) is 0 Å². The molecule has 1 fully saturated rings. The van der Waals surface area contributed by atoms with Gasteiger partial charge in [-0.15, -0.1) is 0 Å². The van der Waals surface area contributed by atoms with E-state index in [0.29, 0.717) is 24.8 Å². The van der Waals surface area contributed by atoms with Gasteiger partial charge in [-0.2, -0.15) is 11.8 Å². The van der Waals surface area contributed by atoms with E-state index >= 15 is 0 Å². The zero-order chi connectivity index (χ0) is 14.5. The van der Waals surface area contributed by atoms with Crippen molar-refractivity contribution < 1.29 is 13.9 Å². The monoisotopic (exact) mass is 297 g/mol. The fourth-order valence-electron chi connectivity index (χ4n) is 2.40. The minimum absolute atomic E-state index is 0.0733. The predicted octanol–water partition coefficient (Wildman–Crippen LogP) is 2.84. The Balaban J connectivity index is 1.98. The van der Waals surface area contributed by atoms with Gasteiger partial charge in [0.1, 0.15) is 11.6 Å². The number of hydrogen-bond acceptors (Lipinski definition) is 4. The van der Waals surface area contributed by atoms with Crippen LogP contribution in [0.15, 0.2) is 18.2 Å². The molecule has 1 aliphatic heterocycles. The van der Waals surface area contributed by atoms with Gasteiger partial charge in [0.15, 0.2) is 5.78 Å². The number of carbonyl (C=O) groups is 1. The van der Waals surface area contributed by atoms with Gasteiger partial charge in [-0.3, -0.25) is 4.79 Å². The molecule has 110 valence electrons. The van der Waals surface area contributed by atoms with Gasteiger partial charge in [-0.1, -0.05) is 6.07 Å². The molecule has 0 N–H and O–H groups in total. The summed E-state index contributed by atoms with van der Waals surface area (Å²) in [7, 11) is 3.48. The number of nitrogens with zero attached hydrogens (tertiary/aromatic N) is 1. The van der Waals surface area contributed by atoms with Gasteiger partial charge in [0.05, 0.1) is 12.7 Å². The minimum Gasteiger partial charge on any atom is -0.496 e. The second-order valence-corrected chi connectivity index (χ2v) is 6.14. The van der Waals surface area contributed by atoms with Crippen LogP contribution in [-0.4, -0.2) is 48.9 Å². The molecule has 1 unspecified atom stereocenters. The number of ketones is 1. The van der Waals surface area contributed by atoms with Crippen molar-refractivity contribution in [1.82, 2.24) is 4.90 Å². The summed E-state index contributed by atoms with van der Waals surface area (Å²) in [6.07, 6.45) is 1.48. The van der Waals surface area contributed by atoms with E-state index in [0.717, 1.165) is 5.75 Å². The molecule has 0 aromatic heterocycles. The second-order valence-electron chi connectivity index (χ2n) is 4.99. The Morgan fingerprint density at radius 1 is 1.55 bits per heavy atom. The Kier molecular flexibility index (Phi) is 5.43. The summed E-state index contributed by atoms with van der Waals surface area (Å²) in [4.78, 5) is 14.4. The Morgan fingerprint density at radius 2 is 2.35 bits per heavy atom. The van der Waals surface area contributed by atoms with Crippen LogP contribution in [0.5, 0.6) is 5.75 Å². The van der Waals surface area contributed by atoms with Crippen molar-refractivity contribution in [2.45, 2.75) is 18.9 Å². The van der Waals surface area contributed by atoms with E-state index in [4.69, 9.17) is 4.74 Å². The molecule has 0 bridgehead atoms. The van der Waals surface area contributed by atoms with Crippen LogP contribution in [0.2, 0.25) is 0 Å². The fraction of sp³-hybridized carbons (Fsp3) is 0.533. The number of carbonyl (C=O) groups excluding carboxylic acids is 1. The average Bonchev–Trinajstić information content (AvgIpc) is 2.98. The smallest absolute Gasteiger partial charge is 0.170 e. The summed E-state index contributed by atoms with van der Waals surface area (Å²) in [5.74, 6) is 1.91. The number of ether oxygens (including phenoxy) is 1. The summed E-state index contributed by atoms with van der Waals surface area (Å²) >= 11 is 1.94. The lowest BCUT2D eigenvalue weighted by Crippen LogP contribution is -2.33. The van der Waals surface area contributed by atoms with Gasteiger partial charge in [0, 0.05) is 24.8 Å². The largest absolute Gasteiger partial charge is 0.496 e. The third-order valence-corrected chi connectivity index (χ3v) is 4.84. The molecule has 2 rings (SSSR count). The number of thioether (sulfide) groups is 1. The highest BCUT2D eigenvalue weighted by Crippen LogP contribution is 2.24. The first-order valence-electron chi connectivity index (χ1n) is 6.77. The number of halogens is 1. The van der Waals surface area contributed by atoms with Gasteiger partial charge in [0.25, 0.3) is 0 Å². The molecule has 20 heavy (non-hydrogen) atoms. The van der Waals surface area contributed by atoms with Crippen molar-refractivity contribution in [2.24, 2.45) is 0 Å². The van der Waals surface area contributed by atoms with E-state index in [-0.39, 0.29) is 11.3 Å². The lowest BCUT2D eigenvalue weighted by atomic mass is 10.1. The first kappa shape index (κ1) is 15.3. The van der Waals surface area contributed by atoms with Crippen molar-refractivity contribution in [3.63, 3.8) is 0 Å². The Bertz CT molecular complexity index is 475. The van der Waals surface area contributed by atoms with E-state index in [1.165, 1.54) is 25.3 Å². The number of Topliss-reactive ketones (excluding diaryl/α,β-unsaturated/α-hetero) is 1. The fourth-order valence-corrected chi connectivity index (χ4v) is 3.70. The van der Waals surface area contributed by atoms with E-state index in [1.54, 1.807) is 12.1 Å². The number of hydrogen-bond donors (Lipinski definition) is 0. The van der Waals surface area contributed by atoms with Crippen molar-refractivity contribution in [3.05, 3.63) is 29.6 Å². The van der Waals surface area contributed by atoms with Gasteiger partial charge in [-0.05, 0) is 31.4 Å². The quantitative estimate of drug-likeness (QED) is 0.755. The summed E-state index contributed by atoms with van der Waals surface area (Å²) in [6.45, 7) is 0.654. The van der Waals surface area contributed by atoms with Crippen molar-refractivity contribution in [2.75, 3.05) is 32.2 Å². The summed E-state index contributed by atoms with van der Waals surface area (Å²) in [5.41, 5.74) is 0.0733. The molecule has 1 heterocycles. The highest BCUT2D eigenvalue weighted by molar-refractivity contribution is 7.99. The molecule has 1 aliphatic rings. The van der Waals surface area contributed by atoms with Crippen LogP contribution in [0.3, 0.4) is 0 Å². The van der Waals surface area contributed by atoms with Gasteiger partial charge in [-0.25, -0.2) is 4.39 Å². The number of methoxy groups -OCH3 is 1. The molecule has 0 radical (unpaired) electrons. The molecule has 0 saturated carbocycles. The standard InChI is InChI=1S/C15H20FNO2S/c1-17(11-7-9-20-10-11)8-6-13(18)15-12(16)4-3-5-14(15)19-2/h3-5,11H,6-10H2,1-2H3. The Labute approximate surface area is 123 Å². The molecule has 0 amide bonds. The van der Waals surface area contributed by atoms with Crippen LogP contribution in [0.4, 0.5) is 4.39 Å². The Morgan fingerprint density at radius 3 is 3.00 bits per heavy atom.